The Morgan fingerprint density at radius 1 is 1.38 bits per heavy atom. The van der Waals surface area contributed by atoms with Gasteiger partial charge in [-0.25, -0.2) is 0 Å². The molecule has 2 rings (SSSR count). The number of hydrogen-bond acceptors (Lipinski definition) is 2. The van der Waals surface area contributed by atoms with Crippen molar-refractivity contribution in [3.8, 4) is 0 Å². The van der Waals surface area contributed by atoms with Crippen LogP contribution >= 0.6 is 11.6 Å². The Kier molecular flexibility index (Phi) is 3.53. The van der Waals surface area contributed by atoms with Gasteiger partial charge in [-0.1, -0.05) is 30.7 Å². The average Bonchev–Trinajstić information content (AvgIpc) is 2.65. The van der Waals surface area contributed by atoms with Gasteiger partial charge in [-0.3, -0.25) is 4.90 Å². The quantitative estimate of drug-likeness (QED) is 0.877. The highest BCUT2D eigenvalue weighted by Gasteiger charge is 2.32. The zero-order chi connectivity index (χ0) is 11.6. The first-order chi connectivity index (χ1) is 7.61. The molecule has 1 atom stereocenters. The summed E-state index contributed by atoms with van der Waals surface area (Å²) in [6.45, 7) is 6.31. The molecule has 1 saturated heterocycles. The Morgan fingerprint density at radius 3 is 2.62 bits per heavy atom. The molecule has 16 heavy (non-hydrogen) atoms. The molecule has 1 aliphatic rings. The molecule has 1 unspecified atom stereocenters. The predicted octanol–water partition coefficient (Wildman–Crippen LogP) is 2.51. The molecule has 3 heteroatoms. The molecule has 0 aliphatic carbocycles. The molecule has 0 aromatic heterocycles. The summed E-state index contributed by atoms with van der Waals surface area (Å²) < 4.78 is 0. The average molecular weight is 239 g/mol. The van der Waals surface area contributed by atoms with Gasteiger partial charge in [0.05, 0.1) is 0 Å². The van der Waals surface area contributed by atoms with Crippen molar-refractivity contribution in [1.29, 1.82) is 0 Å². The first-order valence-electron chi connectivity index (χ1n) is 5.78. The van der Waals surface area contributed by atoms with Crippen molar-refractivity contribution in [2.24, 2.45) is 11.1 Å². The molecule has 0 saturated carbocycles. The number of likely N-dealkylation sites (tertiary alicyclic amines) is 1. The van der Waals surface area contributed by atoms with E-state index in [1.807, 2.05) is 12.1 Å². The van der Waals surface area contributed by atoms with Crippen LogP contribution in [0.5, 0.6) is 0 Å². The first kappa shape index (κ1) is 11.9. The van der Waals surface area contributed by atoms with Crippen molar-refractivity contribution in [2.45, 2.75) is 19.9 Å². The molecule has 2 nitrogen and oxygen atoms in total. The number of halogens is 1. The van der Waals surface area contributed by atoms with E-state index in [9.17, 15) is 0 Å². The van der Waals surface area contributed by atoms with Crippen LogP contribution < -0.4 is 5.73 Å². The first-order valence-corrected chi connectivity index (χ1v) is 6.16. The summed E-state index contributed by atoms with van der Waals surface area (Å²) >= 11 is 5.87. The Morgan fingerprint density at radius 2 is 2.06 bits per heavy atom. The highest BCUT2D eigenvalue weighted by Crippen LogP contribution is 2.29. The van der Waals surface area contributed by atoms with Crippen molar-refractivity contribution in [3.05, 3.63) is 34.9 Å². The van der Waals surface area contributed by atoms with E-state index in [1.54, 1.807) is 0 Å². The lowest BCUT2D eigenvalue weighted by atomic mass is 9.90. The molecule has 0 amide bonds. The lowest BCUT2D eigenvalue weighted by molar-refractivity contribution is 0.274. The number of nitrogens with two attached hydrogens (primary N) is 1. The van der Waals surface area contributed by atoms with Crippen molar-refractivity contribution >= 4 is 11.6 Å². The second kappa shape index (κ2) is 4.74. The van der Waals surface area contributed by atoms with Crippen LogP contribution in [-0.4, -0.2) is 24.5 Å². The third-order valence-corrected chi connectivity index (χ3v) is 3.70. The van der Waals surface area contributed by atoms with Crippen LogP contribution in [0, 0.1) is 5.41 Å². The van der Waals surface area contributed by atoms with E-state index in [1.165, 1.54) is 12.0 Å². The van der Waals surface area contributed by atoms with Crippen LogP contribution in [0.25, 0.3) is 0 Å². The van der Waals surface area contributed by atoms with Crippen molar-refractivity contribution in [3.63, 3.8) is 0 Å². The highest BCUT2D eigenvalue weighted by molar-refractivity contribution is 6.30. The van der Waals surface area contributed by atoms with Crippen molar-refractivity contribution in [1.82, 2.24) is 4.90 Å². The molecule has 1 fully saturated rings. The molecule has 0 radical (unpaired) electrons. The van der Waals surface area contributed by atoms with Gasteiger partial charge in [0.15, 0.2) is 0 Å². The van der Waals surface area contributed by atoms with E-state index >= 15 is 0 Å². The van der Waals surface area contributed by atoms with Gasteiger partial charge in [-0.2, -0.15) is 0 Å². The molecule has 88 valence electrons. The van der Waals surface area contributed by atoms with Gasteiger partial charge in [0, 0.05) is 18.1 Å². The Balaban J connectivity index is 1.94. The van der Waals surface area contributed by atoms with Crippen molar-refractivity contribution < 1.29 is 0 Å². The maximum atomic E-state index is 5.87. The summed E-state index contributed by atoms with van der Waals surface area (Å²) in [4.78, 5) is 2.47. The Bertz CT molecular complexity index is 349. The number of benzene rings is 1. The van der Waals surface area contributed by atoms with Gasteiger partial charge in [0.25, 0.3) is 0 Å². The molecule has 1 aliphatic heterocycles. The van der Waals surface area contributed by atoms with Crippen LogP contribution in [0.4, 0.5) is 0 Å². The van der Waals surface area contributed by atoms with Crippen LogP contribution in [0.15, 0.2) is 24.3 Å². The van der Waals surface area contributed by atoms with E-state index in [0.29, 0.717) is 5.41 Å². The fraction of sp³-hybridized carbons (Fsp3) is 0.538. The van der Waals surface area contributed by atoms with Gasteiger partial charge < -0.3 is 5.73 Å². The molecule has 2 N–H and O–H groups in total. The van der Waals surface area contributed by atoms with E-state index in [2.05, 4.69) is 24.0 Å². The molecule has 0 spiro atoms. The number of nitrogens with zero attached hydrogens (tertiary/aromatic N) is 1. The maximum Gasteiger partial charge on any atom is 0.0406 e. The van der Waals surface area contributed by atoms with E-state index in [4.69, 9.17) is 17.3 Å². The Labute approximate surface area is 102 Å². The summed E-state index contributed by atoms with van der Waals surface area (Å²) in [6.07, 6.45) is 1.21. The van der Waals surface area contributed by atoms with E-state index in [-0.39, 0.29) is 0 Å². The maximum absolute atomic E-state index is 5.87. The van der Waals surface area contributed by atoms with E-state index in [0.717, 1.165) is 31.2 Å². The summed E-state index contributed by atoms with van der Waals surface area (Å²) in [6, 6.07) is 8.10. The highest BCUT2D eigenvalue weighted by atomic mass is 35.5. The second-order valence-corrected chi connectivity index (χ2v) is 5.54. The number of hydrogen-bond donors (Lipinski definition) is 1. The summed E-state index contributed by atoms with van der Waals surface area (Å²) in [5, 5.41) is 0.803. The van der Waals surface area contributed by atoms with Crippen LogP contribution in [-0.2, 0) is 6.54 Å². The van der Waals surface area contributed by atoms with Crippen molar-refractivity contribution in [2.75, 3.05) is 19.6 Å². The van der Waals surface area contributed by atoms with Gasteiger partial charge in [-0.05, 0) is 42.6 Å². The molecule has 1 aromatic carbocycles. The fourth-order valence-corrected chi connectivity index (χ4v) is 2.40. The lowest BCUT2D eigenvalue weighted by Gasteiger charge is -2.22. The van der Waals surface area contributed by atoms with Gasteiger partial charge >= 0.3 is 0 Å². The summed E-state index contributed by atoms with van der Waals surface area (Å²) in [7, 11) is 0. The minimum absolute atomic E-state index is 0.312. The third kappa shape index (κ3) is 2.76. The minimum atomic E-state index is 0.312. The molecular weight excluding hydrogens is 220 g/mol. The standard InChI is InChI=1S/C13H19ClN2/c1-13(9-15)6-7-16(10-13)8-11-2-4-12(14)5-3-11/h2-5H,6-10,15H2,1H3. The topological polar surface area (TPSA) is 29.3 Å². The van der Waals surface area contributed by atoms with Gasteiger partial charge in [0.2, 0.25) is 0 Å². The SMILES string of the molecule is CC1(CN)CCN(Cc2ccc(Cl)cc2)C1. The van der Waals surface area contributed by atoms with E-state index < -0.39 is 0 Å². The predicted molar refractivity (Wildman–Crippen MR) is 68.5 cm³/mol. The summed E-state index contributed by atoms with van der Waals surface area (Å²) in [5.41, 5.74) is 7.44. The third-order valence-electron chi connectivity index (χ3n) is 3.45. The molecule has 1 heterocycles. The zero-order valence-corrected chi connectivity index (χ0v) is 10.5. The van der Waals surface area contributed by atoms with Crippen LogP contribution in [0.1, 0.15) is 18.9 Å². The number of rotatable bonds is 3. The minimum Gasteiger partial charge on any atom is -0.330 e. The van der Waals surface area contributed by atoms with Crippen LogP contribution in [0.3, 0.4) is 0 Å². The zero-order valence-electron chi connectivity index (χ0n) is 9.75. The van der Waals surface area contributed by atoms with Crippen LogP contribution in [0.2, 0.25) is 5.02 Å². The second-order valence-electron chi connectivity index (χ2n) is 5.10. The monoisotopic (exact) mass is 238 g/mol. The smallest absolute Gasteiger partial charge is 0.0406 e. The molecule has 1 aromatic rings. The lowest BCUT2D eigenvalue weighted by Crippen LogP contribution is -2.31. The Hall–Kier alpha value is -0.570. The molecule has 0 bridgehead atoms. The molecular formula is C13H19ClN2. The van der Waals surface area contributed by atoms with Gasteiger partial charge in [0.1, 0.15) is 0 Å². The largest absolute Gasteiger partial charge is 0.330 e. The fourth-order valence-electron chi connectivity index (χ4n) is 2.28. The summed E-state index contributed by atoms with van der Waals surface area (Å²) in [5.74, 6) is 0. The normalized spacial score (nSPS) is 26.2. The van der Waals surface area contributed by atoms with Gasteiger partial charge in [-0.15, -0.1) is 0 Å².